The molecular weight excluding hydrogens is 406 g/mol. The largest absolute Gasteiger partial charge is 0.396 e. The van der Waals surface area contributed by atoms with Crippen molar-refractivity contribution in [2.75, 3.05) is 29.9 Å². The maximum absolute atomic E-state index is 11.1. The molecule has 4 heterocycles. The maximum Gasteiger partial charge on any atom is 0.228 e. The van der Waals surface area contributed by atoms with Crippen LogP contribution >= 0.6 is 0 Å². The molecule has 3 aromatic heterocycles. The summed E-state index contributed by atoms with van der Waals surface area (Å²) in [5, 5.41) is 7.93. The molecule has 3 aromatic rings. The number of carbonyl (C=O) groups excluding carboxylic acids is 1. The third-order valence-corrected chi connectivity index (χ3v) is 5.31. The molecule has 1 N–H and O–H groups in total. The molecule has 1 aliphatic rings. The number of aryl methyl sites for hydroxylation is 2. The van der Waals surface area contributed by atoms with Crippen LogP contribution in [0.15, 0.2) is 18.3 Å². The van der Waals surface area contributed by atoms with E-state index in [2.05, 4.69) is 20.3 Å². The van der Waals surface area contributed by atoms with Crippen molar-refractivity contribution in [3.63, 3.8) is 0 Å². The highest BCUT2D eigenvalue weighted by Gasteiger charge is 2.25. The minimum Gasteiger partial charge on any atom is -0.396 e. The zero-order chi connectivity index (χ0) is 23.1. The summed E-state index contributed by atoms with van der Waals surface area (Å²) in [5.74, 6) is 2.05. The Bertz CT molecular complexity index is 1040. The lowest BCUT2D eigenvalue weighted by Crippen LogP contribution is -2.35. The van der Waals surface area contributed by atoms with Crippen LogP contribution in [0.25, 0.3) is 11.0 Å². The maximum atomic E-state index is 11.1. The number of aldehydes is 1. The molecular formula is C23H33N7O2. The Balaban J connectivity index is 0.00000141. The molecule has 172 valence electrons. The van der Waals surface area contributed by atoms with E-state index in [0.29, 0.717) is 29.7 Å². The predicted molar refractivity (Wildman–Crippen MR) is 126 cm³/mol. The van der Waals surface area contributed by atoms with Crippen molar-refractivity contribution >= 4 is 34.9 Å². The normalized spacial score (nSPS) is 14.1. The van der Waals surface area contributed by atoms with Crippen molar-refractivity contribution in [2.24, 2.45) is 5.92 Å². The van der Waals surface area contributed by atoms with Crippen molar-refractivity contribution in [1.29, 1.82) is 0 Å². The monoisotopic (exact) mass is 439 g/mol. The van der Waals surface area contributed by atoms with Gasteiger partial charge in [-0.05, 0) is 50.8 Å². The van der Waals surface area contributed by atoms with E-state index in [4.69, 9.17) is 14.8 Å². The Morgan fingerprint density at radius 2 is 1.97 bits per heavy atom. The summed E-state index contributed by atoms with van der Waals surface area (Å²) in [6.07, 6.45) is 5.16. The van der Waals surface area contributed by atoms with E-state index >= 15 is 0 Å². The summed E-state index contributed by atoms with van der Waals surface area (Å²) < 4.78 is 0. The molecule has 0 spiro atoms. The quantitative estimate of drug-likeness (QED) is 0.556. The molecule has 0 saturated carbocycles. The van der Waals surface area contributed by atoms with Gasteiger partial charge in [-0.2, -0.15) is 4.98 Å². The highest BCUT2D eigenvalue weighted by molar-refractivity contribution is 5.90. The van der Waals surface area contributed by atoms with E-state index in [1.54, 1.807) is 6.20 Å². The van der Waals surface area contributed by atoms with E-state index < -0.39 is 0 Å². The lowest BCUT2D eigenvalue weighted by atomic mass is 9.99. The third-order valence-electron chi connectivity index (χ3n) is 5.31. The van der Waals surface area contributed by atoms with Crippen LogP contribution in [0, 0.1) is 12.8 Å². The van der Waals surface area contributed by atoms with Gasteiger partial charge in [-0.3, -0.25) is 0 Å². The van der Waals surface area contributed by atoms with E-state index in [1.807, 2.05) is 46.8 Å². The first kappa shape index (κ1) is 23.4. The Hall–Kier alpha value is -3.23. The third kappa shape index (κ3) is 4.98. The Morgan fingerprint density at radius 3 is 2.59 bits per heavy atom. The van der Waals surface area contributed by atoms with Gasteiger partial charge in [-0.1, -0.05) is 25.6 Å². The molecule has 0 amide bonds. The first-order valence-corrected chi connectivity index (χ1v) is 11.5. The highest BCUT2D eigenvalue weighted by Crippen LogP contribution is 2.29. The van der Waals surface area contributed by atoms with Crippen molar-refractivity contribution in [2.45, 2.75) is 53.9 Å². The van der Waals surface area contributed by atoms with Gasteiger partial charge in [0.1, 0.15) is 24.2 Å². The van der Waals surface area contributed by atoms with Gasteiger partial charge in [0.25, 0.3) is 0 Å². The number of nitrogens with zero attached hydrogens (tertiary/aromatic N) is 6. The minimum atomic E-state index is 0.117. The highest BCUT2D eigenvalue weighted by atomic mass is 16.7. The number of pyridine rings is 1. The van der Waals surface area contributed by atoms with Crippen LogP contribution in [0.3, 0.4) is 0 Å². The van der Waals surface area contributed by atoms with Crippen LogP contribution in [-0.2, 0) is 11.2 Å². The molecule has 1 aliphatic heterocycles. The van der Waals surface area contributed by atoms with Gasteiger partial charge in [0.2, 0.25) is 5.95 Å². The molecule has 32 heavy (non-hydrogen) atoms. The van der Waals surface area contributed by atoms with Crippen molar-refractivity contribution in [1.82, 2.24) is 24.9 Å². The van der Waals surface area contributed by atoms with Crippen molar-refractivity contribution in [3.8, 4) is 0 Å². The first-order valence-electron chi connectivity index (χ1n) is 11.5. The number of hydrogen-bond donors (Lipinski definition) is 1. The second-order valence-electron chi connectivity index (χ2n) is 7.46. The molecule has 1 fully saturated rings. The van der Waals surface area contributed by atoms with Gasteiger partial charge >= 0.3 is 0 Å². The lowest BCUT2D eigenvalue weighted by molar-refractivity contribution is -0.111. The van der Waals surface area contributed by atoms with Gasteiger partial charge in [0.15, 0.2) is 11.3 Å². The van der Waals surface area contributed by atoms with Crippen LogP contribution in [0.4, 0.5) is 17.6 Å². The number of carbonyl (C=O) groups is 1. The number of anilines is 3. The summed E-state index contributed by atoms with van der Waals surface area (Å²) in [6, 6.07) is 3.91. The lowest BCUT2D eigenvalue weighted by Gasteiger charge is -2.29. The average Bonchev–Trinajstić information content (AvgIpc) is 3.18. The van der Waals surface area contributed by atoms with Gasteiger partial charge < -0.3 is 19.8 Å². The first-order chi connectivity index (χ1) is 15.6. The predicted octanol–water partition coefficient (Wildman–Crippen LogP) is 3.73. The van der Waals surface area contributed by atoms with Crippen molar-refractivity contribution < 1.29 is 9.63 Å². The molecule has 9 heteroatoms. The fraction of sp³-hybridized carbons (Fsp3) is 0.522. The SMILES string of the molecule is CC.CCOn1nc(CC)c2nc(N3CCC(C=O)CC3)nc(Nc3cc(C)ccn3)c21. The van der Waals surface area contributed by atoms with E-state index in [1.165, 1.54) is 4.85 Å². The summed E-state index contributed by atoms with van der Waals surface area (Å²) in [5.41, 5.74) is 3.42. The fourth-order valence-corrected chi connectivity index (χ4v) is 3.68. The van der Waals surface area contributed by atoms with Gasteiger partial charge in [-0.15, -0.1) is 5.10 Å². The molecule has 4 rings (SSSR count). The smallest absolute Gasteiger partial charge is 0.228 e. The summed E-state index contributed by atoms with van der Waals surface area (Å²) in [7, 11) is 0. The Kier molecular flexibility index (Phi) is 7.97. The topological polar surface area (TPSA) is 98.1 Å². The number of nitrogens with one attached hydrogen (secondary N) is 1. The number of rotatable bonds is 7. The van der Waals surface area contributed by atoms with Gasteiger partial charge in [0.05, 0.1) is 5.69 Å². The second kappa shape index (κ2) is 10.9. The minimum absolute atomic E-state index is 0.117. The number of fused-ring (bicyclic) bond motifs is 1. The van der Waals surface area contributed by atoms with Crippen LogP contribution in [-0.4, -0.2) is 50.9 Å². The summed E-state index contributed by atoms with van der Waals surface area (Å²) in [6.45, 7) is 12.0. The second-order valence-corrected chi connectivity index (χ2v) is 7.46. The molecule has 9 nitrogen and oxygen atoms in total. The molecule has 0 aliphatic carbocycles. The van der Waals surface area contributed by atoms with Crippen LogP contribution in [0.1, 0.15) is 51.8 Å². The van der Waals surface area contributed by atoms with E-state index in [-0.39, 0.29) is 5.92 Å². The zero-order valence-corrected chi connectivity index (χ0v) is 19.6. The molecule has 0 atom stereocenters. The van der Waals surface area contributed by atoms with Crippen LogP contribution in [0.5, 0.6) is 0 Å². The van der Waals surface area contributed by atoms with Gasteiger partial charge in [0, 0.05) is 25.2 Å². The van der Waals surface area contributed by atoms with E-state index in [9.17, 15) is 4.79 Å². The molecule has 1 saturated heterocycles. The van der Waals surface area contributed by atoms with E-state index in [0.717, 1.165) is 55.4 Å². The number of aromatic nitrogens is 5. The number of hydrogen-bond acceptors (Lipinski definition) is 8. The number of piperidine rings is 1. The summed E-state index contributed by atoms with van der Waals surface area (Å²) in [4.78, 5) is 34.6. The Labute approximate surface area is 189 Å². The fourth-order valence-electron chi connectivity index (χ4n) is 3.68. The standard InChI is InChI=1S/C21H27N7O2.C2H6/c1-4-16-18-19(28(26-16)30-5-2)20(23-17-12-14(3)6-9-22-17)25-21(24-18)27-10-7-15(13-29)8-11-27;1-2/h6,9,12-13,15H,4-5,7-8,10-11H2,1-3H3,(H,22,23,24,25);1-2H3. The molecule has 0 aromatic carbocycles. The molecule has 0 radical (unpaired) electrons. The molecule has 0 bridgehead atoms. The Morgan fingerprint density at radius 1 is 1.22 bits per heavy atom. The molecule has 0 unspecified atom stereocenters. The summed E-state index contributed by atoms with van der Waals surface area (Å²) >= 11 is 0. The zero-order valence-electron chi connectivity index (χ0n) is 19.6. The van der Waals surface area contributed by atoms with Crippen LogP contribution in [0.2, 0.25) is 0 Å². The average molecular weight is 440 g/mol. The van der Waals surface area contributed by atoms with Crippen molar-refractivity contribution in [3.05, 3.63) is 29.6 Å². The van der Waals surface area contributed by atoms with Crippen LogP contribution < -0.4 is 15.1 Å². The van der Waals surface area contributed by atoms with Gasteiger partial charge in [-0.25, -0.2) is 9.97 Å².